The predicted molar refractivity (Wildman–Crippen MR) is 42.6 cm³/mol. The average molecular weight is 203 g/mol. The molecular weight excluding hydrogens is 199 g/mol. The van der Waals surface area contributed by atoms with Crippen molar-refractivity contribution in [3.63, 3.8) is 0 Å². The zero-order valence-electron chi connectivity index (χ0n) is 6.06. The first kappa shape index (κ1) is 8.86. The molecule has 1 heterocycles. The van der Waals surface area contributed by atoms with Gasteiger partial charge in [0.05, 0.1) is 0 Å². The number of H-pyrrole nitrogens is 1. The molecule has 0 unspecified atom stereocenters. The minimum atomic E-state index is 0. The van der Waals surface area contributed by atoms with Crippen molar-refractivity contribution >= 4 is 26.8 Å². The smallest absolute Gasteiger partial charge is 0.343 e. The van der Waals surface area contributed by atoms with Crippen LogP contribution >= 0.6 is 15.9 Å². The van der Waals surface area contributed by atoms with Crippen molar-refractivity contribution in [2.45, 2.75) is 0 Å². The van der Waals surface area contributed by atoms with Gasteiger partial charge in [-0.3, -0.25) is 5.10 Å². The number of rotatable bonds is 0. The third-order valence-electron chi connectivity index (χ3n) is 1.36. The van der Waals surface area contributed by atoms with Gasteiger partial charge in [-0.05, 0) is 16.2 Å². The summed E-state index contributed by atoms with van der Waals surface area (Å²) in [6.45, 7) is 0. The van der Waals surface area contributed by atoms with E-state index in [4.69, 9.17) is 0 Å². The van der Waals surface area contributed by atoms with Gasteiger partial charge in [0.25, 0.3) is 0 Å². The maximum atomic E-state index is 3.78. The molecule has 0 saturated heterocycles. The third-order valence-corrected chi connectivity index (χ3v) is 2.02. The molecule has 4 heteroatoms. The Bertz CT molecular complexity index is 358. The summed E-state index contributed by atoms with van der Waals surface area (Å²) in [6.07, 6.45) is 2.82. The van der Waals surface area contributed by atoms with Crippen LogP contribution in [0.5, 0.6) is 0 Å². The van der Waals surface area contributed by atoms with E-state index < -0.39 is 0 Å². The van der Waals surface area contributed by atoms with Gasteiger partial charge in [0.15, 0.2) is 0 Å². The maximum Gasteiger partial charge on any atom is 1.00 e. The van der Waals surface area contributed by atoms with Gasteiger partial charge in [0.1, 0.15) is 0 Å². The number of hydrogen-bond acceptors (Lipinski definition) is 1. The van der Waals surface area contributed by atoms with Crippen molar-refractivity contribution in [2.24, 2.45) is 0 Å². The number of hydrogen-bond donors (Lipinski definition) is 1. The Morgan fingerprint density at radius 1 is 1.45 bits per heavy atom. The van der Waals surface area contributed by atoms with E-state index in [0.717, 1.165) is 15.4 Å². The first-order valence-electron chi connectivity index (χ1n) is 2.88. The van der Waals surface area contributed by atoms with Crippen LogP contribution in [-0.4, -0.2) is 10.2 Å². The van der Waals surface area contributed by atoms with Crippen LogP contribution in [0.15, 0.2) is 22.7 Å². The maximum absolute atomic E-state index is 3.78. The van der Waals surface area contributed by atoms with E-state index in [0.29, 0.717) is 0 Å². The summed E-state index contributed by atoms with van der Waals surface area (Å²) in [4.78, 5) is 0. The SMILES string of the molecule is Brc1cccc2[c-]n[nH]c12.[Li+]. The van der Waals surface area contributed by atoms with Crippen LogP contribution in [0, 0.1) is 6.20 Å². The van der Waals surface area contributed by atoms with Crippen LogP contribution in [0.25, 0.3) is 10.9 Å². The number of halogens is 1. The Balaban J connectivity index is 0.000000605. The number of benzene rings is 1. The zero-order valence-corrected chi connectivity index (χ0v) is 7.64. The minimum Gasteiger partial charge on any atom is -0.343 e. The second kappa shape index (κ2) is 3.44. The summed E-state index contributed by atoms with van der Waals surface area (Å²) in [5, 5.41) is 7.63. The van der Waals surface area contributed by atoms with Gasteiger partial charge in [-0.1, -0.05) is 22.0 Å². The predicted octanol–water partition coefficient (Wildman–Crippen LogP) is -0.870. The fraction of sp³-hybridized carbons (Fsp3) is 0. The van der Waals surface area contributed by atoms with Crippen LogP contribution in [0.3, 0.4) is 0 Å². The normalized spacial score (nSPS) is 9.55. The molecule has 2 aromatic rings. The van der Waals surface area contributed by atoms with E-state index in [1.165, 1.54) is 0 Å². The molecule has 1 aromatic carbocycles. The van der Waals surface area contributed by atoms with E-state index in [1.807, 2.05) is 18.2 Å². The number of nitrogens with one attached hydrogen (secondary N) is 1. The summed E-state index contributed by atoms with van der Waals surface area (Å²) in [6, 6.07) is 5.89. The molecule has 0 saturated carbocycles. The van der Waals surface area contributed by atoms with Crippen molar-refractivity contribution in [1.29, 1.82) is 0 Å². The van der Waals surface area contributed by atoms with Gasteiger partial charge in [-0.2, -0.15) is 6.07 Å². The topological polar surface area (TPSA) is 28.7 Å². The number of aromatic nitrogens is 2. The largest absolute Gasteiger partial charge is 1.00 e. The summed E-state index contributed by atoms with van der Waals surface area (Å²) in [7, 11) is 0. The van der Waals surface area contributed by atoms with Crippen LogP contribution in [0.2, 0.25) is 0 Å². The van der Waals surface area contributed by atoms with Crippen LogP contribution in [-0.2, 0) is 0 Å². The van der Waals surface area contributed by atoms with Crippen molar-refractivity contribution in [2.75, 3.05) is 0 Å². The van der Waals surface area contributed by atoms with Gasteiger partial charge in [0, 0.05) is 0 Å². The van der Waals surface area contributed by atoms with Crippen LogP contribution < -0.4 is 18.9 Å². The van der Waals surface area contributed by atoms with Gasteiger partial charge in [-0.25, -0.2) is 0 Å². The molecule has 0 spiro atoms. The van der Waals surface area contributed by atoms with Crippen molar-refractivity contribution in [3.05, 3.63) is 28.9 Å². The fourth-order valence-electron chi connectivity index (χ4n) is 0.875. The Kier molecular flexibility index (Phi) is 2.77. The quantitative estimate of drug-likeness (QED) is 0.437. The third kappa shape index (κ3) is 1.51. The molecule has 0 amide bonds. The number of aromatic amines is 1. The summed E-state index contributed by atoms with van der Waals surface area (Å²) in [5.41, 5.74) is 1.00. The summed E-state index contributed by atoms with van der Waals surface area (Å²) in [5.74, 6) is 0. The molecule has 2 rings (SSSR count). The number of para-hydroxylation sites is 1. The molecule has 50 valence electrons. The van der Waals surface area contributed by atoms with Crippen LogP contribution in [0.4, 0.5) is 0 Å². The van der Waals surface area contributed by atoms with Crippen LogP contribution in [0.1, 0.15) is 0 Å². The van der Waals surface area contributed by atoms with E-state index in [-0.39, 0.29) is 18.9 Å². The van der Waals surface area contributed by atoms with Gasteiger partial charge >= 0.3 is 18.9 Å². The Morgan fingerprint density at radius 2 is 2.27 bits per heavy atom. The molecule has 0 radical (unpaired) electrons. The molecule has 0 fully saturated rings. The minimum absolute atomic E-state index is 0. The zero-order chi connectivity index (χ0) is 6.97. The summed E-state index contributed by atoms with van der Waals surface area (Å²) < 4.78 is 1.03. The molecule has 1 aromatic heterocycles. The number of fused-ring (bicyclic) bond motifs is 1. The molecule has 0 aliphatic carbocycles. The molecule has 1 N–H and O–H groups in total. The van der Waals surface area contributed by atoms with E-state index in [9.17, 15) is 0 Å². The molecule has 0 aliphatic heterocycles. The number of nitrogens with zero attached hydrogens (tertiary/aromatic N) is 1. The second-order valence-electron chi connectivity index (χ2n) is 2.00. The van der Waals surface area contributed by atoms with Crippen molar-refractivity contribution in [1.82, 2.24) is 10.2 Å². The molecule has 0 bridgehead atoms. The van der Waals surface area contributed by atoms with E-state index in [1.54, 1.807) is 0 Å². The van der Waals surface area contributed by atoms with Crippen molar-refractivity contribution in [3.8, 4) is 0 Å². The van der Waals surface area contributed by atoms with E-state index in [2.05, 4.69) is 32.3 Å². The van der Waals surface area contributed by atoms with Gasteiger partial charge < -0.3 is 5.10 Å². The molecule has 0 atom stereocenters. The second-order valence-corrected chi connectivity index (χ2v) is 2.85. The standard InChI is InChI=1S/C7H4BrN2.Li/c8-6-3-1-2-5-4-9-10-7(5)6;/h1-3H,(H,9,10);/q-1;+1. The summed E-state index contributed by atoms with van der Waals surface area (Å²) >= 11 is 3.38. The molecular formula is C7H4BrLiN2. The Hall–Kier alpha value is -0.233. The first-order chi connectivity index (χ1) is 4.88. The average Bonchev–Trinajstić information content (AvgIpc) is 2.36. The fourth-order valence-corrected chi connectivity index (χ4v) is 1.33. The first-order valence-corrected chi connectivity index (χ1v) is 3.67. The van der Waals surface area contributed by atoms with Crippen molar-refractivity contribution < 1.29 is 18.9 Å². The monoisotopic (exact) mass is 202 g/mol. The molecule has 2 nitrogen and oxygen atoms in total. The van der Waals surface area contributed by atoms with Gasteiger partial charge in [-0.15, -0.1) is 11.5 Å². The Morgan fingerprint density at radius 3 is 3.00 bits per heavy atom. The molecule has 0 aliphatic rings. The van der Waals surface area contributed by atoms with Gasteiger partial charge in [0.2, 0.25) is 0 Å². The Labute approximate surface area is 84.7 Å². The van der Waals surface area contributed by atoms with E-state index >= 15 is 0 Å². The molecule has 11 heavy (non-hydrogen) atoms.